The van der Waals surface area contributed by atoms with Crippen LogP contribution >= 0.6 is 23.1 Å². The van der Waals surface area contributed by atoms with Crippen LogP contribution in [0.4, 0.5) is 27.5 Å². The Bertz CT molecular complexity index is 1340. The van der Waals surface area contributed by atoms with Gasteiger partial charge in [0.1, 0.15) is 5.82 Å². The van der Waals surface area contributed by atoms with E-state index in [1.165, 1.54) is 10.8 Å². The fourth-order valence-corrected chi connectivity index (χ4v) is 5.96. The van der Waals surface area contributed by atoms with Crippen molar-refractivity contribution < 1.29 is 35.6 Å². The van der Waals surface area contributed by atoms with Crippen LogP contribution in [-0.2, 0) is 21.2 Å². The fourth-order valence-electron chi connectivity index (χ4n) is 2.84. The van der Waals surface area contributed by atoms with Crippen LogP contribution in [0, 0.1) is 5.82 Å². The summed E-state index contributed by atoms with van der Waals surface area (Å²) in [4.78, 5) is 31.8. The molecule has 1 N–H and O–H groups in total. The summed E-state index contributed by atoms with van der Waals surface area (Å²) in [6, 6.07) is 1.41. The van der Waals surface area contributed by atoms with E-state index in [1.54, 1.807) is 0 Å². The molecule has 3 amide bonds. The minimum absolute atomic E-state index is 0.0668. The van der Waals surface area contributed by atoms with Crippen LogP contribution in [0.3, 0.4) is 0 Å². The number of thiazole rings is 1. The molecule has 0 radical (unpaired) electrons. The second-order valence-corrected chi connectivity index (χ2v) is 10.1. The van der Waals surface area contributed by atoms with Crippen molar-refractivity contribution in [3.63, 3.8) is 0 Å². The number of alkyl halides is 3. The second kappa shape index (κ2) is 8.11. The van der Waals surface area contributed by atoms with E-state index >= 15 is 0 Å². The predicted molar refractivity (Wildman–Crippen MR) is 113 cm³/mol. The number of aliphatic imine (C=N–C) groups is 1. The number of benzene rings is 1. The Balaban J connectivity index is 1.47. The lowest BCUT2D eigenvalue weighted by atomic mass is 10.1. The summed E-state index contributed by atoms with van der Waals surface area (Å²) in [5.41, 5.74) is -1.11. The van der Waals surface area contributed by atoms with Crippen molar-refractivity contribution in [2.45, 2.75) is 12.6 Å². The lowest BCUT2D eigenvalue weighted by molar-refractivity contribution is -0.140. The van der Waals surface area contributed by atoms with E-state index in [4.69, 9.17) is 0 Å². The number of aromatic nitrogens is 1. The number of rotatable bonds is 4. The molecule has 0 atom stereocenters. The van der Waals surface area contributed by atoms with Gasteiger partial charge in [-0.05, 0) is 12.1 Å². The first-order valence-electron chi connectivity index (χ1n) is 8.78. The van der Waals surface area contributed by atoms with Crippen LogP contribution in [0.5, 0.6) is 0 Å². The lowest BCUT2D eigenvalue weighted by Crippen LogP contribution is -2.48. The van der Waals surface area contributed by atoms with Gasteiger partial charge >= 0.3 is 22.4 Å². The van der Waals surface area contributed by atoms with Crippen LogP contribution in [0.25, 0.3) is 11.3 Å². The molecule has 0 bridgehead atoms. The maximum atomic E-state index is 13.8. The quantitative estimate of drug-likeness (QED) is 0.612. The highest BCUT2D eigenvalue weighted by Crippen LogP contribution is 2.36. The smallest absolute Gasteiger partial charge is 0.302 e. The summed E-state index contributed by atoms with van der Waals surface area (Å²) in [6.07, 6.45) is -5.22. The molecule has 174 valence electrons. The zero-order chi connectivity index (χ0) is 24.1. The number of amides is 3. The maximum absolute atomic E-state index is 13.8. The fraction of sp³-hybridized carbons (Fsp3) is 0.176. The second-order valence-electron chi connectivity index (χ2n) is 6.60. The number of nitrogens with zero attached hydrogens (tertiary/aromatic N) is 4. The molecule has 0 unspecified atom stereocenters. The number of nitrogens with one attached hydrogen (secondary N) is 1. The number of thioether (sulfide) groups is 1. The number of hydrogen-bond donors (Lipinski definition) is 1. The van der Waals surface area contributed by atoms with Crippen molar-refractivity contribution in [1.29, 1.82) is 0 Å². The highest BCUT2D eigenvalue weighted by Gasteiger charge is 2.43. The van der Waals surface area contributed by atoms with Gasteiger partial charge in [0, 0.05) is 23.4 Å². The SMILES string of the molecule is CN1C(=O)N=C2SC=C(CC(=O)Nc3nc(-c4ccc(C(F)(F)F)c(F)c4)cs3)N2S1(=O)=O. The number of anilines is 1. The number of amidine groups is 1. The number of fused-ring (bicyclic) bond motifs is 1. The van der Waals surface area contributed by atoms with Gasteiger partial charge in [0.15, 0.2) is 10.3 Å². The molecular weight excluding hydrogens is 510 g/mol. The van der Waals surface area contributed by atoms with E-state index in [1.807, 2.05) is 0 Å². The molecular formula is C17H11F4N5O4S3. The average Bonchev–Trinajstić information content (AvgIpc) is 3.33. The van der Waals surface area contributed by atoms with Gasteiger partial charge in [-0.15, -0.1) is 11.3 Å². The zero-order valence-electron chi connectivity index (χ0n) is 16.3. The number of carbonyl (C=O) groups is 2. The Morgan fingerprint density at radius 3 is 2.67 bits per heavy atom. The summed E-state index contributed by atoms with van der Waals surface area (Å²) in [5.74, 6) is -2.09. The maximum Gasteiger partial charge on any atom is 0.419 e. The van der Waals surface area contributed by atoms with Crippen LogP contribution in [0.15, 0.2) is 39.7 Å². The van der Waals surface area contributed by atoms with Crippen molar-refractivity contribution >= 4 is 55.5 Å². The molecule has 2 aliphatic heterocycles. The molecule has 9 nitrogen and oxygen atoms in total. The van der Waals surface area contributed by atoms with Gasteiger partial charge < -0.3 is 5.32 Å². The standard InChI is InChI=1S/C17H11F4N5O4S3/c1-25-15(28)24-16-26(33(25,29)30)9(6-32-16)5-13(27)23-14-22-12(7-31-14)8-2-3-10(11(18)4-8)17(19,20)21/h2-4,6-7H,5H2,1H3,(H,22,23,27). The molecule has 0 aliphatic carbocycles. The first-order valence-corrected chi connectivity index (χ1v) is 11.9. The van der Waals surface area contributed by atoms with Crippen molar-refractivity contribution in [3.05, 3.63) is 46.1 Å². The summed E-state index contributed by atoms with van der Waals surface area (Å²) in [7, 11) is -3.18. The van der Waals surface area contributed by atoms with Crippen LogP contribution in [0.1, 0.15) is 12.0 Å². The van der Waals surface area contributed by atoms with E-state index in [0.717, 1.165) is 40.5 Å². The van der Waals surface area contributed by atoms with E-state index in [-0.39, 0.29) is 27.3 Å². The van der Waals surface area contributed by atoms with Gasteiger partial charge in [-0.3, -0.25) is 4.79 Å². The molecule has 0 saturated carbocycles. The highest BCUT2D eigenvalue weighted by atomic mass is 32.2. The molecule has 1 aromatic heterocycles. The largest absolute Gasteiger partial charge is 0.419 e. The third kappa shape index (κ3) is 4.32. The zero-order valence-corrected chi connectivity index (χ0v) is 18.7. The predicted octanol–water partition coefficient (Wildman–Crippen LogP) is 3.85. The first-order chi connectivity index (χ1) is 15.4. The summed E-state index contributed by atoms with van der Waals surface area (Å²) in [6.45, 7) is 0. The number of hydrogen-bond acceptors (Lipinski definition) is 7. The number of carbonyl (C=O) groups excluding carboxylic acids is 2. The molecule has 1 aromatic carbocycles. The highest BCUT2D eigenvalue weighted by molar-refractivity contribution is 8.17. The molecule has 2 aliphatic rings. The van der Waals surface area contributed by atoms with E-state index in [0.29, 0.717) is 16.4 Å². The Labute approximate surface area is 192 Å². The van der Waals surface area contributed by atoms with Crippen LogP contribution in [-0.4, -0.2) is 46.2 Å². The summed E-state index contributed by atoms with van der Waals surface area (Å²) in [5, 5.41) is 5.23. The molecule has 4 rings (SSSR count). The lowest BCUT2D eigenvalue weighted by Gasteiger charge is -2.29. The van der Waals surface area contributed by atoms with Gasteiger partial charge in [0.05, 0.1) is 23.4 Å². The van der Waals surface area contributed by atoms with E-state index in [2.05, 4.69) is 15.3 Å². The Hall–Kier alpha value is -2.98. The number of halogens is 4. The van der Waals surface area contributed by atoms with Gasteiger partial charge in [-0.25, -0.2) is 22.8 Å². The third-order valence-electron chi connectivity index (χ3n) is 4.43. The van der Waals surface area contributed by atoms with Crippen molar-refractivity contribution in [2.75, 3.05) is 12.4 Å². The van der Waals surface area contributed by atoms with Crippen molar-refractivity contribution in [3.8, 4) is 11.3 Å². The Morgan fingerprint density at radius 2 is 2.00 bits per heavy atom. The molecule has 16 heteroatoms. The van der Waals surface area contributed by atoms with Gasteiger partial charge in [-0.2, -0.15) is 26.6 Å². The topological polar surface area (TPSA) is 112 Å². The van der Waals surface area contributed by atoms with Crippen molar-refractivity contribution in [1.82, 2.24) is 13.6 Å². The van der Waals surface area contributed by atoms with Crippen LogP contribution in [0.2, 0.25) is 0 Å². The molecule has 0 saturated heterocycles. The number of urea groups is 1. The summed E-state index contributed by atoms with van der Waals surface area (Å²) >= 11 is 1.82. The molecule has 0 fully saturated rings. The monoisotopic (exact) mass is 521 g/mol. The van der Waals surface area contributed by atoms with E-state index in [9.17, 15) is 35.6 Å². The average molecular weight is 521 g/mol. The van der Waals surface area contributed by atoms with Gasteiger partial charge in [0.2, 0.25) is 5.91 Å². The molecule has 2 aromatic rings. The minimum Gasteiger partial charge on any atom is -0.302 e. The normalized spacial score (nSPS) is 17.5. The Morgan fingerprint density at radius 1 is 1.27 bits per heavy atom. The first kappa shape index (κ1) is 23.2. The van der Waals surface area contributed by atoms with Crippen LogP contribution < -0.4 is 5.32 Å². The molecule has 0 spiro atoms. The van der Waals surface area contributed by atoms with Gasteiger partial charge in [0.25, 0.3) is 0 Å². The third-order valence-corrected chi connectivity index (χ3v) is 7.90. The minimum atomic E-state index is -4.83. The van der Waals surface area contributed by atoms with Gasteiger partial charge in [-0.1, -0.05) is 17.8 Å². The molecule has 3 heterocycles. The van der Waals surface area contributed by atoms with E-state index < -0.39 is 46.1 Å². The summed E-state index contributed by atoms with van der Waals surface area (Å²) < 4.78 is 78.2. The Kier molecular flexibility index (Phi) is 5.69. The molecule has 33 heavy (non-hydrogen) atoms. The van der Waals surface area contributed by atoms with Crippen molar-refractivity contribution in [2.24, 2.45) is 4.99 Å².